The van der Waals surface area contributed by atoms with Gasteiger partial charge >= 0.3 is 0 Å². The van der Waals surface area contributed by atoms with Crippen molar-refractivity contribution in [3.63, 3.8) is 0 Å². The number of sulfone groups is 1. The zero-order valence-corrected chi connectivity index (χ0v) is 14.4. The van der Waals surface area contributed by atoms with Gasteiger partial charge in [-0.3, -0.25) is 4.90 Å². The Labute approximate surface area is 125 Å². The number of piperidine rings is 1. The molecule has 1 heterocycles. The van der Waals surface area contributed by atoms with E-state index in [2.05, 4.69) is 24.1 Å². The maximum Gasteiger partial charge on any atom is 0.150 e. The van der Waals surface area contributed by atoms with Crippen LogP contribution in [0.5, 0.6) is 0 Å². The van der Waals surface area contributed by atoms with Gasteiger partial charge in [0.05, 0.1) is 5.75 Å². The van der Waals surface area contributed by atoms with Crippen molar-refractivity contribution >= 4 is 9.84 Å². The van der Waals surface area contributed by atoms with Crippen molar-refractivity contribution in [2.24, 2.45) is 0 Å². The van der Waals surface area contributed by atoms with Crippen LogP contribution in [0.4, 0.5) is 0 Å². The van der Waals surface area contributed by atoms with E-state index >= 15 is 0 Å². The van der Waals surface area contributed by atoms with E-state index in [1.165, 1.54) is 32.4 Å². The summed E-state index contributed by atoms with van der Waals surface area (Å²) in [5.74, 6) is 0.574. The van der Waals surface area contributed by atoms with Crippen LogP contribution in [0.1, 0.15) is 52.9 Å². The molecule has 0 amide bonds. The van der Waals surface area contributed by atoms with Crippen LogP contribution in [-0.4, -0.2) is 56.5 Å². The first kappa shape index (κ1) is 17.9. The molecule has 1 aliphatic heterocycles. The Morgan fingerprint density at radius 3 is 2.30 bits per heavy atom. The van der Waals surface area contributed by atoms with Crippen molar-refractivity contribution in [1.29, 1.82) is 0 Å². The third-order valence-electron chi connectivity index (χ3n) is 4.76. The number of rotatable bonds is 8. The largest absolute Gasteiger partial charge is 0.315 e. The molecule has 1 fully saturated rings. The standard InChI is InChI=1S/C15H32N2O2S/c1-5-20(18,19)13-9-10-14(16-4)15(2,3)17-11-7-6-8-12-17/h14,16H,5-13H2,1-4H3. The van der Waals surface area contributed by atoms with Crippen molar-refractivity contribution in [2.45, 2.75) is 64.5 Å². The van der Waals surface area contributed by atoms with E-state index in [-0.39, 0.29) is 11.3 Å². The van der Waals surface area contributed by atoms with Gasteiger partial charge in [-0.2, -0.15) is 0 Å². The first-order valence-electron chi connectivity index (χ1n) is 7.96. The number of likely N-dealkylation sites (tertiary alicyclic amines) is 1. The van der Waals surface area contributed by atoms with Gasteiger partial charge in [-0.1, -0.05) is 13.3 Å². The number of likely N-dealkylation sites (N-methyl/N-ethyl adjacent to an activating group) is 1. The predicted octanol–water partition coefficient (Wildman–Crippen LogP) is 2.05. The highest BCUT2D eigenvalue weighted by molar-refractivity contribution is 7.91. The monoisotopic (exact) mass is 304 g/mol. The number of nitrogens with one attached hydrogen (secondary N) is 1. The Kier molecular flexibility index (Phi) is 6.95. The van der Waals surface area contributed by atoms with Crippen molar-refractivity contribution in [2.75, 3.05) is 31.6 Å². The SMILES string of the molecule is CCS(=O)(=O)CCCC(NC)C(C)(C)N1CCCCC1. The Morgan fingerprint density at radius 1 is 1.20 bits per heavy atom. The molecule has 1 saturated heterocycles. The molecular weight excluding hydrogens is 272 g/mol. The molecule has 1 atom stereocenters. The van der Waals surface area contributed by atoms with Crippen molar-refractivity contribution in [1.82, 2.24) is 10.2 Å². The molecular formula is C15H32N2O2S. The van der Waals surface area contributed by atoms with Gasteiger partial charge in [-0.15, -0.1) is 0 Å². The lowest BCUT2D eigenvalue weighted by atomic mass is 9.87. The second-order valence-electron chi connectivity index (χ2n) is 6.42. The summed E-state index contributed by atoms with van der Waals surface area (Å²) in [4.78, 5) is 2.56. The van der Waals surface area contributed by atoms with Crippen LogP contribution in [0.15, 0.2) is 0 Å². The van der Waals surface area contributed by atoms with E-state index in [0.717, 1.165) is 12.8 Å². The van der Waals surface area contributed by atoms with Crippen molar-refractivity contribution < 1.29 is 8.42 Å². The van der Waals surface area contributed by atoms with Gasteiger partial charge in [0.1, 0.15) is 9.84 Å². The van der Waals surface area contributed by atoms with Gasteiger partial charge < -0.3 is 5.32 Å². The lowest BCUT2D eigenvalue weighted by Crippen LogP contribution is -2.58. The molecule has 4 nitrogen and oxygen atoms in total. The smallest absolute Gasteiger partial charge is 0.150 e. The highest BCUT2D eigenvalue weighted by Gasteiger charge is 2.34. The topological polar surface area (TPSA) is 49.4 Å². The Morgan fingerprint density at radius 2 is 1.80 bits per heavy atom. The summed E-state index contributed by atoms with van der Waals surface area (Å²) in [5, 5.41) is 3.41. The first-order valence-corrected chi connectivity index (χ1v) is 9.78. The minimum absolute atomic E-state index is 0.0884. The van der Waals surface area contributed by atoms with Crippen molar-refractivity contribution in [3.8, 4) is 0 Å². The van der Waals surface area contributed by atoms with Gasteiger partial charge in [-0.05, 0) is 59.7 Å². The zero-order chi connectivity index (χ0) is 15.2. The molecule has 0 bridgehead atoms. The van der Waals surface area contributed by atoms with Gasteiger partial charge in [0.25, 0.3) is 0 Å². The maximum absolute atomic E-state index is 11.6. The second-order valence-corrected chi connectivity index (χ2v) is 8.89. The highest BCUT2D eigenvalue weighted by atomic mass is 32.2. The summed E-state index contributed by atoms with van der Waals surface area (Å²) in [7, 11) is -0.844. The molecule has 1 unspecified atom stereocenters. The van der Waals surface area contributed by atoms with Gasteiger partial charge in [0.2, 0.25) is 0 Å². The molecule has 0 spiro atoms. The minimum atomic E-state index is -2.84. The molecule has 5 heteroatoms. The van der Waals surface area contributed by atoms with Crippen LogP contribution in [0.2, 0.25) is 0 Å². The fraction of sp³-hybridized carbons (Fsp3) is 1.00. The molecule has 0 aromatic rings. The van der Waals surface area contributed by atoms with Crippen LogP contribution in [0, 0.1) is 0 Å². The van der Waals surface area contributed by atoms with Gasteiger partial charge in [0, 0.05) is 17.3 Å². The number of nitrogens with zero attached hydrogens (tertiary/aromatic N) is 1. The van der Waals surface area contributed by atoms with Crippen LogP contribution < -0.4 is 5.32 Å². The molecule has 1 rings (SSSR count). The predicted molar refractivity (Wildman–Crippen MR) is 85.9 cm³/mol. The van der Waals surface area contributed by atoms with E-state index in [1.54, 1.807) is 6.92 Å². The van der Waals surface area contributed by atoms with E-state index in [0.29, 0.717) is 11.8 Å². The van der Waals surface area contributed by atoms with Crippen LogP contribution >= 0.6 is 0 Å². The Balaban J connectivity index is 2.55. The first-order chi connectivity index (χ1) is 9.33. The summed E-state index contributed by atoms with van der Waals surface area (Å²) in [6, 6.07) is 0.340. The number of hydrogen-bond acceptors (Lipinski definition) is 4. The molecule has 0 radical (unpaired) electrons. The fourth-order valence-electron chi connectivity index (χ4n) is 3.19. The molecule has 0 aliphatic carbocycles. The molecule has 20 heavy (non-hydrogen) atoms. The highest BCUT2D eigenvalue weighted by Crippen LogP contribution is 2.26. The fourth-order valence-corrected chi connectivity index (χ4v) is 4.09. The molecule has 0 saturated carbocycles. The zero-order valence-electron chi connectivity index (χ0n) is 13.6. The van der Waals surface area contributed by atoms with Crippen LogP contribution in [0.3, 0.4) is 0 Å². The minimum Gasteiger partial charge on any atom is -0.315 e. The number of hydrogen-bond donors (Lipinski definition) is 1. The summed E-state index contributed by atoms with van der Waals surface area (Å²) in [6.45, 7) is 8.63. The third kappa shape index (κ3) is 5.01. The Bertz CT molecular complexity index is 373. The van der Waals surface area contributed by atoms with Crippen LogP contribution in [0.25, 0.3) is 0 Å². The van der Waals surface area contributed by atoms with Gasteiger partial charge in [0.15, 0.2) is 0 Å². The molecule has 0 aromatic carbocycles. The van der Waals surface area contributed by atoms with E-state index in [1.807, 2.05) is 7.05 Å². The summed E-state index contributed by atoms with van der Waals surface area (Å²) in [6.07, 6.45) is 5.57. The summed E-state index contributed by atoms with van der Waals surface area (Å²) >= 11 is 0. The third-order valence-corrected chi connectivity index (χ3v) is 6.55. The average Bonchev–Trinajstić information content (AvgIpc) is 2.44. The molecule has 1 aliphatic rings. The van der Waals surface area contributed by atoms with E-state index < -0.39 is 9.84 Å². The molecule has 0 aromatic heterocycles. The Hall–Kier alpha value is -0.130. The molecule has 120 valence electrons. The second kappa shape index (κ2) is 7.76. The van der Waals surface area contributed by atoms with E-state index in [9.17, 15) is 8.42 Å². The summed E-state index contributed by atoms with van der Waals surface area (Å²) < 4.78 is 23.2. The van der Waals surface area contributed by atoms with Crippen molar-refractivity contribution in [3.05, 3.63) is 0 Å². The lowest BCUT2D eigenvalue weighted by molar-refractivity contribution is 0.0606. The maximum atomic E-state index is 11.6. The summed E-state index contributed by atoms with van der Waals surface area (Å²) in [5.41, 5.74) is 0.0884. The molecule has 1 N–H and O–H groups in total. The normalized spacial score (nSPS) is 20.0. The lowest BCUT2D eigenvalue weighted by Gasteiger charge is -2.46. The average molecular weight is 305 g/mol. The quantitative estimate of drug-likeness (QED) is 0.746. The van der Waals surface area contributed by atoms with Crippen LogP contribution in [-0.2, 0) is 9.84 Å². The van der Waals surface area contributed by atoms with Gasteiger partial charge in [-0.25, -0.2) is 8.42 Å². The van der Waals surface area contributed by atoms with E-state index in [4.69, 9.17) is 0 Å².